The van der Waals surface area contributed by atoms with Gasteiger partial charge in [-0.05, 0) is 36.8 Å². The zero-order chi connectivity index (χ0) is 12.7. The predicted molar refractivity (Wildman–Crippen MR) is 62.7 cm³/mol. The van der Waals surface area contributed by atoms with Crippen molar-refractivity contribution in [3.63, 3.8) is 0 Å². The molecule has 88 valence electrons. The average Bonchev–Trinajstić information content (AvgIpc) is 2.35. The van der Waals surface area contributed by atoms with Gasteiger partial charge in [-0.15, -0.1) is 0 Å². The number of carboxylic acid groups (broad SMARTS) is 1. The minimum Gasteiger partial charge on any atom is -0.490 e. The van der Waals surface area contributed by atoms with Gasteiger partial charge in [0.1, 0.15) is 12.4 Å². The molecule has 0 spiro atoms. The Hall–Kier alpha value is -2.28. The summed E-state index contributed by atoms with van der Waals surface area (Å²) in [4.78, 5) is 10.7. The average molecular weight is 231 g/mol. The van der Waals surface area contributed by atoms with Crippen LogP contribution < -0.4 is 4.74 Å². The number of nitrogens with zero attached hydrogens (tertiary/aromatic N) is 1. The Kier molecular flexibility index (Phi) is 4.77. The van der Waals surface area contributed by atoms with Crippen molar-refractivity contribution in [2.75, 3.05) is 6.61 Å². The fourth-order valence-corrected chi connectivity index (χ4v) is 1.25. The second-order valence-electron chi connectivity index (χ2n) is 3.34. The maximum Gasteiger partial charge on any atom is 0.331 e. The van der Waals surface area contributed by atoms with E-state index in [1.54, 1.807) is 37.3 Å². The third-order valence-corrected chi connectivity index (χ3v) is 2.22. The van der Waals surface area contributed by atoms with Crippen molar-refractivity contribution in [3.8, 4) is 11.8 Å². The molecule has 4 heteroatoms. The Morgan fingerprint density at radius 1 is 1.47 bits per heavy atom. The van der Waals surface area contributed by atoms with E-state index in [9.17, 15) is 4.79 Å². The molecule has 0 saturated carbocycles. The van der Waals surface area contributed by atoms with Gasteiger partial charge in [0, 0.05) is 5.57 Å². The first kappa shape index (κ1) is 12.8. The second-order valence-corrected chi connectivity index (χ2v) is 3.34. The minimum atomic E-state index is -0.920. The summed E-state index contributed by atoms with van der Waals surface area (Å²) in [5, 5.41) is 17.4. The number of benzene rings is 1. The van der Waals surface area contributed by atoms with Crippen LogP contribution in [0.3, 0.4) is 0 Å². The summed E-state index contributed by atoms with van der Waals surface area (Å²) in [5.41, 5.74) is 0.895. The smallest absolute Gasteiger partial charge is 0.331 e. The van der Waals surface area contributed by atoms with Gasteiger partial charge in [0.25, 0.3) is 0 Å². The minimum absolute atomic E-state index is 0.210. The molecule has 1 aromatic rings. The normalized spacial score (nSPS) is 10.7. The van der Waals surface area contributed by atoms with Crippen LogP contribution in [0.5, 0.6) is 5.75 Å². The molecule has 0 radical (unpaired) electrons. The van der Waals surface area contributed by atoms with Crippen LogP contribution in [0.15, 0.2) is 35.9 Å². The van der Waals surface area contributed by atoms with Crippen molar-refractivity contribution in [1.82, 2.24) is 0 Å². The van der Waals surface area contributed by atoms with Crippen LogP contribution >= 0.6 is 0 Å². The number of nitriles is 1. The molecule has 1 N–H and O–H groups in total. The van der Waals surface area contributed by atoms with E-state index in [0.29, 0.717) is 23.3 Å². The fourth-order valence-electron chi connectivity index (χ4n) is 1.25. The molecule has 0 aliphatic carbocycles. The maximum atomic E-state index is 10.7. The van der Waals surface area contributed by atoms with Crippen molar-refractivity contribution in [3.05, 3.63) is 41.5 Å². The fraction of sp³-hybridized carbons (Fsp3) is 0.231. The highest BCUT2D eigenvalue weighted by atomic mass is 16.5. The first-order chi connectivity index (χ1) is 8.17. The zero-order valence-electron chi connectivity index (χ0n) is 9.51. The Morgan fingerprint density at radius 2 is 2.12 bits per heavy atom. The van der Waals surface area contributed by atoms with Crippen molar-refractivity contribution in [2.45, 2.75) is 13.3 Å². The summed E-state index contributed by atoms with van der Waals surface area (Å²) < 4.78 is 5.34. The van der Waals surface area contributed by atoms with Crippen LogP contribution in [0.4, 0.5) is 0 Å². The van der Waals surface area contributed by atoms with E-state index in [1.807, 2.05) is 6.07 Å². The van der Waals surface area contributed by atoms with Gasteiger partial charge in [0.2, 0.25) is 0 Å². The van der Waals surface area contributed by atoms with Crippen molar-refractivity contribution >= 4 is 5.97 Å². The molecule has 0 saturated heterocycles. The SMILES string of the molecule is CCC(=CCOc1ccc(C#N)cc1)C(=O)O. The van der Waals surface area contributed by atoms with Crippen LogP contribution in [0.2, 0.25) is 0 Å². The zero-order valence-corrected chi connectivity index (χ0v) is 9.51. The summed E-state index contributed by atoms with van der Waals surface area (Å²) in [5.74, 6) is -0.308. The standard InChI is InChI=1S/C13H13NO3/c1-2-11(13(15)16)7-8-17-12-5-3-10(9-14)4-6-12/h3-7H,2,8H2,1H3,(H,15,16). The summed E-state index contributed by atoms with van der Waals surface area (Å²) in [7, 11) is 0. The number of ether oxygens (including phenoxy) is 1. The van der Waals surface area contributed by atoms with Crippen molar-refractivity contribution in [1.29, 1.82) is 5.26 Å². The Morgan fingerprint density at radius 3 is 2.59 bits per heavy atom. The van der Waals surface area contributed by atoms with Crippen LogP contribution in [0, 0.1) is 11.3 Å². The van der Waals surface area contributed by atoms with Crippen LogP contribution in [-0.4, -0.2) is 17.7 Å². The van der Waals surface area contributed by atoms with Gasteiger partial charge in [0.05, 0.1) is 11.6 Å². The van der Waals surface area contributed by atoms with Crippen LogP contribution in [0.1, 0.15) is 18.9 Å². The monoisotopic (exact) mass is 231 g/mol. The summed E-state index contributed by atoms with van der Waals surface area (Å²) in [6.07, 6.45) is 2.01. The van der Waals surface area contributed by atoms with Gasteiger partial charge in [-0.3, -0.25) is 0 Å². The molecule has 1 aromatic carbocycles. The second kappa shape index (κ2) is 6.33. The lowest BCUT2D eigenvalue weighted by Crippen LogP contribution is -2.02. The maximum absolute atomic E-state index is 10.7. The van der Waals surface area contributed by atoms with Crippen LogP contribution in [0.25, 0.3) is 0 Å². The molecule has 4 nitrogen and oxygen atoms in total. The number of hydrogen-bond donors (Lipinski definition) is 1. The van der Waals surface area contributed by atoms with E-state index in [4.69, 9.17) is 15.1 Å². The molecule has 0 aliphatic heterocycles. The summed E-state index contributed by atoms with van der Waals surface area (Å²) in [6, 6.07) is 8.67. The number of aliphatic carboxylic acids is 1. The highest BCUT2D eigenvalue weighted by Crippen LogP contribution is 2.11. The van der Waals surface area contributed by atoms with Crippen LogP contribution in [-0.2, 0) is 4.79 Å². The van der Waals surface area contributed by atoms with E-state index in [0.717, 1.165) is 0 Å². The first-order valence-corrected chi connectivity index (χ1v) is 5.22. The van der Waals surface area contributed by atoms with Gasteiger partial charge >= 0.3 is 5.97 Å². The van der Waals surface area contributed by atoms with E-state index in [2.05, 4.69) is 0 Å². The number of carboxylic acids is 1. The van der Waals surface area contributed by atoms with E-state index >= 15 is 0 Å². The molecule has 1 rings (SSSR count). The molecule has 0 unspecified atom stereocenters. The largest absolute Gasteiger partial charge is 0.490 e. The summed E-state index contributed by atoms with van der Waals surface area (Å²) in [6.45, 7) is 1.99. The van der Waals surface area contributed by atoms with Gasteiger partial charge in [-0.2, -0.15) is 5.26 Å². The van der Waals surface area contributed by atoms with E-state index in [1.165, 1.54) is 0 Å². The molecule has 0 aromatic heterocycles. The molecular formula is C13H13NO3. The third kappa shape index (κ3) is 3.99. The van der Waals surface area contributed by atoms with Crippen molar-refractivity contribution in [2.24, 2.45) is 0 Å². The molecule has 0 bridgehead atoms. The van der Waals surface area contributed by atoms with Gasteiger partial charge in [-0.25, -0.2) is 4.79 Å². The van der Waals surface area contributed by atoms with E-state index < -0.39 is 5.97 Å². The first-order valence-electron chi connectivity index (χ1n) is 5.22. The van der Waals surface area contributed by atoms with Gasteiger partial charge < -0.3 is 9.84 Å². The predicted octanol–water partition coefficient (Wildman–Crippen LogP) is 2.36. The summed E-state index contributed by atoms with van der Waals surface area (Å²) >= 11 is 0. The Balaban J connectivity index is 2.56. The Bertz CT molecular complexity index is 455. The lowest BCUT2D eigenvalue weighted by molar-refractivity contribution is -0.132. The van der Waals surface area contributed by atoms with Gasteiger partial charge in [-0.1, -0.05) is 6.92 Å². The lowest BCUT2D eigenvalue weighted by Gasteiger charge is -2.03. The number of rotatable bonds is 5. The molecule has 0 heterocycles. The highest BCUT2D eigenvalue weighted by Gasteiger charge is 2.03. The highest BCUT2D eigenvalue weighted by molar-refractivity contribution is 5.86. The lowest BCUT2D eigenvalue weighted by atomic mass is 10.2. The van der Waals surface area contributed by atoms with Gasteiger partial charge in [0.15, 0.2) is 0 Å². The number of hydrogen-bond acceptors (Lipinski definition) is 3. The van der Waals surface area contributed by atoms with E-state index in [-0.39, 0.29) is 6.61 Å². The third-order valence-electron chi connectivity index (χ3n) is 2.22. The number of carbonyl (C=O) groups is 1. The Labute approximate surface area is 99.8 Å². The quantitative estimate of drug-likeness (QED) is 0.789. The molecule has 0 fully saturated rings. The molecule has 0 atom stereocenters. The molecule has 0 amide bonds. The van der Waals surface area contributed by atoms with Crippen molar-refractivity contribution < 1.29 is 14.6 Å². The molecule has 0 aliphatic rings. The molecular weight excluding hydrogens is 218 g/mol. The molecule has 17 heavy (non-hydrogen) atoms. The topological polar surface area (TPSA) is 70.3 Å².